The third-order valence-corrected chi connectivity index (χ3v) is 5.41. The Morgan fingerprint density at radius 2 is 1.58 bits per heavy atom. The normalized spacial score (nSPS) is 10.7. The van der Waals surface area contributed by atoms with E-state index in [9.17, 15) is 18.4 Å². The molecule has 5 nitrogen and oxygen atoms in total. The summed E-state index contributed by atoms with van der Waals surface area (Å²) in [6.45, 7) is 2.80. The second kappa shape index (κ2) is 10.8. The number of benzene rings is 2. The minimum absolute atomic E-state index is 0.0238. The van der Waals surface area contributed by atoms with Gasteiger partial charge < -0.3 is 10.2 Å². The van der Waals surface area contributed by atoms with Crippen LogP contribution in [-0.2, 0) is 24.4 Å². The quantitative estimate of drug-likeness (QED) is 0.522. The van der Waals surface area contributed by atoms with E-state index in [2.05, 4.69) is 10.3 Å². The van der Waals surface area contributed by atoms with E-state index in [-0.39, 0.29) is 42.2 Å². The van der Waals surface area contributed by atoms with E-state index in [0.717, 1.165) is 11.1 Å². The van der Waals surface area contributed by atoms with Crippen LogP contribution in [0.1, 0.15) is 46.4 Å². The van der Waals surface area contributed by atoms with Crippen molar-refractivity contribution in [1.29, 1.82) is 0 Å². The number of rotatable bonds is 9. The van der Waals surface area contributed by atoms with Crippen LogP contribution in [0.2, 0.25) is 0 Å². The molecule has 0 aliphatic heterocycles. The lowest BCUT2D eigenvalue weighted by molar-refractivity contribution is -0.132. The number of thiazole rings is 1. The molecule has 3 rings (SSSR count). The molecule has 3 aromatic rings. The smallest absolute Gasteiger partial charge is 0.271 e. The minimum atomic E-state index is -0.336. The lowest BCUT2D eigenvalue weighted by Gasteiger charge is -2.21. The highest BCUT2D eigenvalue weighted by atomic mass is 32.1. The lowest BCUT2D eigenvalue weighted by Crippen LogP contribution is -2.30. The van der Waals surface area contributed by atoms with Crippen molar-refractivity contribution in [3.05, 3.63) is 87.4 Å². The summed E-state index contributed by atoms with van der Waals surface area (Å²) in [4.78, 5) is 31.0. The van der Waals surface area contributed by atoms with Gasteiger partial charge in [-0.3, -0.25) is 9.59 Å². The Kier molecular flexibility index (Phi) is 7.83. The molecule has 1 N–H and O–H groups in total. The third kappa shape index (κ3) is 6.68. The highest BCUT2D eigenvalue weighted by Crippen LogP contribution is 2.17. The molecule has 0 saturated carbocycles. The van der Waals surface area contributed by atoms with Gasteiger partial charge in [-0.2, -0.15) is 0 Å². The van der Waals surface area contributed by atoms with E-state index in [1.807, 2.05) is 6.92 Å². The molecule has 162 valence electrons. The summed E-state index contributed by atoms with van der Waals surface area (Å²) in [5.74, 6) is -1.02. The molecule has 0 saturated heterocycles. The van der Waals surface area contributed by atoms with Crippen LogP contribution in [0.15, 0.2) is 53.9 Å². The predicted molar refractivity (Wildman–Crippen MR) is 115 cm³/mol. The molecule has 31 heavy (non-hydrogen) atoms. The number of carbonyl (C=O) groups is 2. The number of hydrogen-bond donors (Lipinski definition) is 1. The van der Waals surface area contributed by atoms with Gasteiger partial charge >= 0.3 is 0 Å². The molecule has 1 heterocycles. The first-order valence-electron chi connectivity index (χ1n) is 9.94. The number of aromatic nitrogens is 1. The molecule has 2 amide bonds. The Balaban J connectivity index is 1.63. The zero-order chi connectivity index (χ0) is 22.2. The SMILES string of the molecule is CCCC(=O)N(Cc1ccc(F)cc1)Cc1nc(C(=O)NCc2ccc(F)cc2)cs1. The van der Waals surface area contributed by atoms with E-state index >= 15 is 0 Å². The van der Waals surface area contributed by atoms with Crippen LogP contribution in [0.5, 0.6) is 0 Å². The third-order valence-electron chi connectivity index (χ3n) is 4.58. The molecule has 0 unspecified atom stereocenters. The van der Waals surface area contributed by atoms with Crippen LogP contribution in [-0.4, -0.2) is 21.7 Å². The summed E-state index contributed by atoms with van der Waals surface area (Å²) >= 11 is 1.30. The number of hydrogen-bond acceptors (Lipinski definition) is 4. The molecule has 0 bridgehead atoms. The van der Waals surface area contributed by atoms with Crippen molar-refractivity contribution in [3.63, 3.8) is 0 Å². The molecule has 0 fully saturated rings. The first-order chi connectivity index (χ1) is 14.9. The minimum Gasteiger partial charge on any atom is -0.347 e. The standard InChI is InChI=1S/C23H23F2N3O2S/c1-2-3-22(29)28(13-17-6-10-19(25)11-7-17)14-21-27-20(15-31-21)23(30)26-12-16-4-8-18(24)9-5-16/h4-11,15H,2-3,12-14H2,1H3,(H,26,30). The van der Waals surface area contributed by atoms with Crippen LogP contribution in [0.4, 0.5) is 8.78 Å². The second-order valence-electron chi connectivity index (χ2n) is 7.06. The Hall–Kier alpha value is -3.13. The maximum atomic E-state index is 13.2. The summed E-state index contributed by atoms with van der Waals surface area (Å²) in [6.07, 6.45) is 1.12. The zero-order valence-electron chi connectivity index (χ0n) is 17.1. The van der Waals surface area contributed by atoms with Crippen molar-refractivity contribution >= 4 is 23.2 Å². The molecule has 0 atom stereocenters. The van der Waals surface area contributed by atoms with E-state index in [1.54, 1.807) is 34.5 Å². The average Bonchev–Trinajstić information content (AvgIpc) is 3.23. The maximum Gasteiger partial charge on any atom is 0.271 e. The van der Waals surface area contributed by atoms with Crippen molar-refractivity contribution < 1.29 is 18.4 Å². The van der Waals surface area contributed by atoms with Crippen molar-refractivity contribution in [2.75, 3.05) is 0 Å². The van der Waals surface area contributed by atoms with Gasteiger partial charge in [0.15, 0.2) is 0 Å². The van der Waals surface area contributed by atoms with Crippen molar-refractivity contribution in [3.8, 4) is 0 Å². The summed E-state index contributed by atoms with van der Waals surface area (Å²) < 4.78 is 26.2. The van der Waals surface area contributed by atoms with Gasteiger partial charge in [-0.05, 0) is 41.8 Å². The molecule has 0 aliphatic rings. The predicted octanol–water partition coefficient (Wildman–Crippen LogP) is 4.68. The van der Waals surface area contributed by atoms with Gasteiger partial charge in [0.05, 0.1) is 6.54 Å². The van der Waals surface area contributed by atoms with Crippen molar-refractivity contribution in [2.24, 2.45) is 0 Å². The van der Waals surface area contributed by atoms with Gasteiger partial charge in [-0.15, -0.1) is 11.3 Å². The van der Waals surface area contributed by atoms with Crippen molar-refractivity contribution in [2.45, 2.75) is 39.4 Å². The highest BCUT2D eigenvalue weighted by Gasteiger charge is 2.17. The number of halogens is 2. The summed E-state index contributed by atoms with van der Waals surface area (Å²) in [5, 5.41) is 5.04. The molecule has 0 radical (unpaired) electrons. The Morgan fingerprint density at radius 1 is 0.968 bits per heavy atom. The van der Waals surface area contributed by atoms with Gasteiger partial charge in [0, 0.05) is 24.9 Å². The fourth-order valence-corrected chi connectivity index (χ4v) is 3.73. The van der Waals surface area contributed by atoms with Crippen molar-refractivity contribution in [1.82, 2.24) is 15.2 Å². The number of amides is 2. The fraction of sp³-hybridized carbons (Fsp3) is 0.261. The van der Waals surface area contributed by atoms with Crippen LogP contribution in [0.3, 0.4) is 0 Å². The summed E-state index contributed by atoms with van der Waals surface area (Å²) in [5.41, 5.74) is 1.87. The van der Waals surface area contributed by atoms with Crippen LogP contribution < -0.4 is 5.32 Å². The second-order valence-corrected chi connectivity index (χ2v) is 8.00. The molecule has 0 aliphatic carbocycles. The molecule has 2 aromatic carbocycles. The Labute approximate surface area is 183 Å². The first-order valence-corrected chi connectivity index (χ1v) is 10.8. The molecular weight excluding hydrogens is 420 g/mol. The Bertz CT molecular complexity index is 1020. The first kappa shape index (κ1) is 22.6. The van der Waals surface area contributed by atoms with E-state index in [1.165, 1.54) is 35.6 Å². The topological polar surface area (TPSA) is 62.3 Å². The molecule has 1 aromatic heterocycles. The van der Waals surface area contributed by atoms with Gasteiger partial charge in [-0.1, -0.05) is 31.2 Å². The van der Waals surface area contributed by atoms with Crippen LogP contribution in [0, 0.1) is 11.6 Å². The molecular formula is C23H23F2N3O2S. The molecule has 8 heteroatoms. The van der Waals surface area contributed by atoms with E-state index in [0.29, 0.717) is 24.4 Å². The number of nitrogens with zero attached hydrogens (tertiary/aromatic N) is 2. The van der Waals surface area contributed by atoms with Gasteiger partial charge in [0.25, 0.3) is 5.91 Å². The lowest BCUT2D eigenvalue weighted by atomic mass is 10.2. The summed E-state index contributed by atoms with van der Waals surface area (Å²) in [7, 11) is 0. The fourth-order valence-electron chi connectivity index (χ4n) is 2.94. The van der Waals surface area contributed by atoms with Gasteiger partial charge in [0.1, 0.15) is 22.3 Å². The largest absolute Gasteiger partial charge is 0.347 e. The highest BCUT2D eigenvalue weighted by molar-refractivity contribution is 7.09. The van der Waals surface area contributed by atoms with E-state index in [4.69, 9.17) is 0 Å². The maximum absolute atomic E-state index is 13.2. The monoisotopic (exact) mass is 443 g/mol. The zero-order valence-corrected chi connectivity index (χ0v) is 17.9. The van der Waals surface area contributed by atoms with Crippen LogP contribution >= 0.6 is 11.3 Å². The molecule has 0 spiro atoms. The number of nitrogens with one attached hydrogen (secondary N) is 1. The van der Waals surface area contributed by atoms with E-state index < -0.39 is 0 Å². The Morgan fingerprint density at radius 3 is 2.19 bits per heavy atom. The van der Waals surface area contributed by atoms with Gasteiger partial charge in [0.2, 0.25) is 5.91 Å². The average molecular weight is 444 g/mol. The van der Waals surface area contributed by atoms with Crippen LogP contribution in [0.25, 0.3) is 0 Å². The van der Waals surface area contributed by atoms with Gasteiger partial charge in [-0.25, -0.2) is 13.8 Å². The summed E-state index contributed by atoms with van der Waals surface area (Å²) in [6, 6.07) is 11.9. The number of carbonyl (C=O) groups excluding carboxylic acids is 2.